The lowest BCUT2D eigenvalue weighted by Gasteiger charge is -2.27. The zero-order chi connectivity index (χ0) is 8.27. The Balaban J connectivity index is 2.48. The number of aliphatic hydroxyl groups is 2. The Morgan fingerprint density at radius 3 is 2.91 bits per heavy atom. The Hall–Kier alpha value is -0.580. The third-order valence-electron chi connectivity index (χ3n) is 1.59. The van der Waals surface area contributed by atoms with E-state index in [0.29, 0.717) is 0 Å². The third kappa shape index (κ3) is 1.92. The fraction of sp³-hybridized carbons (Fsp3) is 0.714. The van der Waals surface area contributed by atoms with Gasteiger partial charge in [0, 0.05) is 7.11 Å². The summed E-state index contributed by atoms with van der Waals surface area (Å²) in [5.41, 5.74) is 0. The highest BCUT2D eigenvalue weighted by molar-refractivity contribution is 4.96. The van der Waals surface area contributed by atoms with Gasteiger partial charge >= 0.3 is 0 Å². The lowest BCUT2D eigenvalue weighted by atomic mass is 10.1. The summed E-state index contributed by atoms with van der Waals surface area (Å²) in [6.07, 6.45) is 0.585. The Morgan fingerprint density at radius 1 is 1.55 bits per heavy atom. The lowest BCUT2D eigenvalue weighted by Crippen LogP contribution is -2.42. The van der Waals surface area contributed by atoms with Crippen LogP contribution in [0.4, 0.5) is 0 Å². The average molecular weight is 160 g/mol. The number of aliphatic hydroxyl groups excluding tert-OH is 2. The SMILES string of the molecule is COC[C@@H]1OC=C[C@H](O)[C@H]1O. The number of ether oxygens (including phenoxy) is 2. The first-order chi connectivity index (χ1) is 5.25. The van der Waals surface area contributed by atoms with Crippen molar-refractivity contribution in [2.24, 2.45) is 0 Å². The summed E-state index contributed by atoms with van der Waals surface area (Å²) < 4.78 is 9.76. The van der Waals surface area contributed by atoms with E-state index in [2.05, 4.69) is 0 Å². The molecule has 0 aliphatic carbocycles. The average Bonchev–Trinajstić information content (AvgIpc) is 1.99. The molecule has 0 fully saturated rings. The van der Waals surface area contributed by atoms with Gasteiger partial charge in [0.1, 0.15) is 18.3 Å². The molecular weight excluding hydrogens is 148 g/mol. The fourth-order valence-corrected chi connectivity index (χ4v) is 0.943. The highest BCUT2D eigenvalue weighted by Gasteiger charge is 2.28. The second kappa shape index (κ2) is 3.71. The Labute approximate surface area is 65.0 Å². The molecule has 1 aliphatic heterocycles. The number of hydrogen-bond donors (Lipinski definition) is 2. The monoisotopic (exact) mass is 160 g/mol. The summed E-state index contributed by atoms with van der Waals surface area (Å²) in [4.78, 5) is 0. The molecule has 64 valence electrons. The molecule has 11 heavy (non-hydrogen) atoms. The molecule has 0 aromatic carbocycles. The van der Waals surface area contributed by atoms with Crippen LogP contribution in [-0.4, -0.2) is 42.2 Å². The van der Waals surface area contributed by atoms with Gasteiger partial charge in [0.05, 0.1) is 12.9 Å². The van der Waals surface area contributed by atoms with Crippen LogP contribution in [0.3, 0.4) is 0 Å². The molecule has 0 unspecified atom stereocenters. The molecule has 1 aliphatic rings. The van der Waals surface area contributed by atoms with Gasteiger partial charge in [0.2, 0.25) is 0 Å². The van der Waals surface area contributed by atoms with E-state index in [-0.39, 0.29) is 6.61 Å². The zero-order valence-corrected chi connectivity index (χ0v) is 6.30. The smallest absolute Gasteiger partial charge is 0.150 e. The van der Waals surface area contributed by atoms with Gasteiger partial charge in [-0.3, -0.25) is 0 Å². The maximum absolute atomic E-state index is 9.26. The molecule has 3 atom stereocenters. The predicted molar refractivity (Wildman–Crippen MR) is 37.9 cm³/mol. The topological polar surface area (TPSA) is 58.9 Å². The van der Waals surface area contributed by atoms with Gasteiger partial charge in [-0.05, 0) is 6.08 Å². The maximum atomic E-state index is 9.26. The molecule has 1 heterocycles. The standard InChI is InChI=1S/C7H12O4/c1-10-4-6-7(9)5(8)2-3-11-6/h2-3,5-9H,4H2,1H3/t5-,6-,7+/m0/s1. The molecule has 0 saturated carbocycles. The molecular formula is C7H12O4. The van der Waals surface area contributed by atoms with Crippen molar-refractivity contribution in [1.29, 1.82) is 0 Å². The molecule has 0 aromatic rings. The van der Waals surface area contributed by atoms with Crippen LogP contribution in [0.2, 0.25) is 0 Å². The van der Waals surface area contributed by atoms with Crippen LogP contribution in [0, 0.1) is 0 Å². The first-order valence-electron chi connectivity index (χ1n) is 3.43. The van der Waals surface area contributed by atoms with Gasteiger partial charge in [-0.2, -0.15) is 0 Å². The molecule has 0 spiro atoms. The first kappa shape index (κ1) is 8.52. The summed E-state index contributed by atoms with van der Waals surface area (Å²) in [6, 6.07) is 0. The Morgan fingerprint density at radius 2 is 2.27 bits per heavy atom. The van der Waals surface area contributed by atoms with Crippen molar-refractivity contribution in [3.63, 3.8) is 0 Å². The number of rotatable bonds is 2. The van der Waals surface area contributed by atoms with E-state index in [9.17, 15) is 5.11 Å². The van der Waals surface area contributed by atoms with Crippen molar-refractivity contribution < 1.29 is 19.7 Å². The normalized spacial score (nSPS) is 36.8. The van der Waals surface area contributed by atoms with E-state index in [1.54, 1.807) is 0 Å². The van der Waals surface area contributed by atoms with Gasteiger partial charge in [0.15, 0.2) is 0 Å². The van der Waals surface area contributed by atoms with Gasteiger partial charge in [-0.25, -0.2) is 0 Å². The van der Waals surface area contributed by atoms with E-state index < -0.39 is 18.3 Å². The van der Waals surface area contributed by atoms with E-state index in [0.717, 1.165) is 0 Å². The van der Waals surface area contributed by atoms with Crippen LogP contribution in [0.1, 0.15) is 0 Å². The summed E-state index contributed by atoms with van der Waals surface area (Å²) in [5, 5.41) is 18.4. The van der Waals surface area contributed by atoms with E-state index in [1.807, 2.05) is 0 Å². The lowest BCUT2D eigenvalue weighted by molar-refractivity contribution is -0.0869. The number of hydrogen-bond acceptors (Lipinski definition) is 4. The minimum atomic E-state index is -0.889. The Kier molecular flexibility index (Phi) is 2.87. The van der Waals surface area contributed by atoms with Crippen LogP contribution in [0.5, 0.6) is 0 Å². The van der Waals surface area contributed by atoms with Gasteiger partial charge < -0.3 is 19.7 Å². The molecule has 4 heteroatoms. The molecule has 1 rings (SSSR count). The molecule has 0 radical (unpaired) electrons. The maximum Gasteiger partial charge on any atom is 0.150 e. The van der Waals surface area contributed by atoms with Crippen LogP contribution in [0.15, 0.2) is 12.3 Å². The van der Waals surface area contributed by atoms with Gasteiger partial charge in [0.25, 0.3) is 0 Å². The molecule has 0 amide bonds. The second-order valence-corrected chi connectivity index (χ2v) is 2.44. The van der Waals surface area contributed by atoms with Crippen molar-refractivity contribution in [1.82, 2.24) is 0 Å². The van der Waals surface area contributed by atoms with Crippen molar-refractivity contribution >= 4 is 0 Å². The summed E-state index contributed by atoms with van der Waals surface area (Å²) in [5.74, 6) is 0. The minimum absolute atomic E-state index is 0.280. The third-order valence-corrected chi connectivity index (χ3v) is 1.59. The quantitative estimate of drug-likeness (QED) is 0.559. The van der Waals surface area contributed by atoms with E-state index in [1.165, 1.54) is 19.4 Å². The summed E-state index contributed by atoms with van der Waals surface area (Å²) in [7, 11) is 1.51. The molecule has 4 nitrogen and oxygen atoms in total. The van der Waals surface area contributed by atoms with E-state index >= 15 is 0 Å². The minimum Gasteiger partial charge on any atom is -0.493 e. The number of methoxy groups -OCH3 is 1. The van der Waals surface area contributed by atoms with Crippen molar-refractivity contribution in [3.05, 3.63) is 12.3 Å². The summed E-state index contributed by atoms with van der Waals surface area (Å²) >= 11 is 0. The van der Waals surface area contributed by atoms with E-state index in [4.69, 9.17) is 14.6 Å². The van der Waals surface area contributed by atoms with Gasteiger partial charge in [-0.1, -0.05) is 0 Å². The zero-order valence-electron chi connectivity index (χ0n) is 6.30. The first-order valence-corrected chi connectivity index (χ1v) is 3.43. The highest BCUT2D eigenvalue weighted by atomic mass is 16.5. The van der Waals surface area contributed by atoms with Gasteiger partial charge in [-0.15, -0.1) is 0 Å². The molecule has 0 bridgehead atoms. The molecule has 0 saturated heterocycles. The molecule has 2 N–H and O–H groups in total. The van der Waals surface area contributed by atoms with Crippen LogP contribution in [0.25, 0.3) is 0 Å². The van der Waals surface area contributed by atoms with Crippen molar-refractivity contribution in [2.45, 2.75) is 18.3 Å². The van der Waals surface area contributed by atoms with Crippen LogP contribution in [-0.2, 0) is 9.47 Å². The summed E-state index contributed by atoms with van der Waals surface area (Å²) in [6.45, 7) is 0.280. The Bertz CT molecular complexity index is 145. The van der Waals surface area contributed by atoms with Crippen molar-refractivity contribution in [2.75, 3.05) is 13.7 Å². The van der Waals surface area contributed by atoms with Crippen molar-refractivity contribution in [3.8, 4) is 0 Å². The van der Waals surface area contributed by atoms with Crippen LogP contribution >= 0.6 is 0 Å². The largest absolute Gasteiger partial charge is 0.493 e. The van der Waals surface area contributed by atoms with Crippen LogP contribution < -0.4 is 0 Å². The predicted octanol–water partition coefficient (Wildman–Crippen LogP) is -0.733. The fourth-order valence-electron chi connectivity index (χ4n) is 0.943. The highest BCUT2D eigenvalue weighted by Crippen LogP contribution is 2.11. The second-order valence-electron chi connectivity index (χ2n) is 2.44. The molecule has 0 aromatic heterocycles.